The summed E-state index contributed by atoms with van der Waals surface area (Å²) in [6.45, 7) is 5.15. The number of hydrogen-bond donors (Lipinski definition) is 1. The molecule has 0 bridgehead atoms. The number of aliphatic hydroxyl groups is 1. The minimum Gasteiger partial charge on any atom is -0.500 e. The third kappa shape index (κ3) is 4.33. The first-order chi connectivity index (χ1) is 5.24. The molecule has 62 valence electrons. The molecule has 0 rings (SSSR count). The molecule has 0 aromatic rings. The highest BCUT2D eigenvalue weighted by molar-refractivity contribution is 5.95. The molecule has 0 atom stereocenters. The first kappa shape index (κ1) is 9.91. The number of ether oxygens (including phenoxy) is 1. The third-order valence-corrected chi connectivity index (χ3v) is 1.13. The minimum atomic E-state index is -0.100. The number of methoxy groups -OCH3 is 1. The average Bonchev–Trinajstić information content (AvgIpc) is 2.06. The van der Waals surface area contributed by atoms with Crippen molar-refractivity contribution in [2.75, 3.05) is 13.7 Å². The molecular formula is C8H13NO2. The number of nitrogens with zero attached hydrogens (tertiary/aromatic N) is 1. The number of rotatable bonds is 4. The predicted octanol–water partition coefficient (Wildman–Crippen LogP) is 1.11. The van der Waals surface area contributed by atoms with Gasteiger partial charge < -0.3 is 9.84 Å². The molecule has 1 N–H and O–H groups in total. The van der Waals surface area contributed by atoms with E-state index in [2.05, 4.69) is 11.6 Å². The lowest BCUT2D eigenvalue weighted by Gasteiger charge is -1.95. The van der Waals surface area contributed by atoms with Gasteiger partial charge >= 0.3 is 0 Å². The van der Waals surface area contributed by atoms with E-state index in [1.54, 1.807) is 14.0 Å². The molecule has 0 spiro atoms. The van der Waals surface area contributed by atoms with Crippen LogP contribution in [0.5, 0.6) is 0 Å². The highest BCUT2D eigenvalue weighted by atomic mass is 16.5. The van der Waals surface area contributed by atoms with E-state index in [0.29, 0.717) is 11.5 Å². The van der Waals surface area contributed by atoms with E-state index in [0.717, 1.165) is 0 Å². The van der Waals surface area contributed by atoms with Crippen molar-refractivity contribution in [1.29, 1.82) is 0 Å². The largest absolute Gasteiger partial charge is 0.500 e. The monoisotopic (exact) mass is 155 g/mol. The van der Waals surface area contributed by atoms with E-state index in [-0.39, 0.29) is 6.61 Å². The number of hydrogen-bond acceptors (Lipinski definition) is 3. The molecule has 0 aliphatic rings. The Morgan fingerprint density at radius 2 is 2.36 bits per heavy atom. The first-order valence-electron chi connectivity index (χ1n) is 3.25. The van der Waals surface area contributed by atoms with Crippen molar-refractivity contribution in [2.24, 2.45) is 4.99 Å². The Morgan fingerprint density at radius 3 is 2.73 bits per heavy atom. The summed E-state index contributed by atoms with van der Waals surface area (Å²) in [5.41, 5.74) is 0.529. The zero-order chi connectivity index (χ0) is 8.69. The second-order valence-electron chi connectivity index (χ2n) is 1.93. The SMILES string of the molecule is C=CC(CO)=N/C=C(\C)OC. The van der Waals surface area contributed by atoms with Gasteiger partial charge in [-0.1, -0.05) is 6.58 Å². The van der Waals surface area contributed by atoms with E-state index in [1.807, 2.05) is 0 Å². The lowest BCUT2D eigenvalue weighted by Crippen LogP contribution is -1.98. The van der Waals surface area contributed by atoms with Gasteiger partial charge in [0.25, 0.3) is 0 Å². The molecule has 0 saturated heterocycles. The van der Waals surface area contributed by atoms with Crippen LogP contribution in [0.2, 0.25) is 0 Å². The third-order valence-electron chi connectivity index (χ3n) is 1.13. The van der Waals surface area contributed by atoms with Crippen LogP contribution in [0.4, 0.5) is 0 Å². The fourth-order valence-electron chi connectivity index (χ4n) is 0.385. The Morgan fingerprint density at radius 1 is 1.73 bits per heavy atom. The van der Waals surface area contributed by atoms with Crippen LogP contribution >= 0.6 is 0 Å². The number of aliphatic hydroxyl groups excluding tert-OH is 1. The summed E-state index contributed by atoms with van der Waals surface area (Å²) in [4.78, 5) is 3.89. The smallest absolute Gasteiger partial charge is 0.111 e. The Balaban J connectivity index is 4.17. The molecule has 0 heterocycles. The van der Waals surface area contributed by atoms with E-state index < -0.39 is 0 Å². The van der Waals surface area contributed by atoms with Gasteiger partial charge in [0.15, 0.2) is 0 Å². The summed E-state index contributed by atoms with van der Waals surface area (Å²) in [5, 5.41) is 8.64. The van der Waals surface area contributed by atoms with Crippen LogP contribution in [0.1, 0.15) is 6.92 Å². The number of aliphatic imine (C=N–C) groups is 1. The van der Waals surface area contributed by atoms with Gasteiger partial charge in [-0.2, -0.15) is 0 Å². The van der Waals surface area contributed by atoms with Crippen LogP contribution in [0.3, 0.4) is 0 Å². The van der Waals surface area contributed by atoms with Crippen LogP contribution in [-0.4, -0.2) is 24.5 Å². The lowest BCUT2D eigenvalue weighted by atomic mass is 10.4. The van der Waals surface area contributed by atoms with Crippen LogP contribution in [0, 0.1) is 0 Å². The summed E-state index contributed by atoms with van der Waals surface area (Å²) in [5.74, 6) is 0.692. The predicted molar refractivity (Wildman–Crippen MR) is 45.5 cm³/mol. The Kier molecular flexibility index (Phi) is 5.11. The van der Waals surface area contributed by atoms with Crippen molar-refractivity contribution in [1.82, 2.24) is 0 Å². The van der Waals surface area contributed by atoms with Crippen LogP contribution in [-0.2, 0) is 4.74 Å². The topological polar surface area (TPSA) is 41.8 Å². The molecule has 11 heavy (non-hydrogen) atoms. The maximum Gasteiger partial charge on any atom is 0.111 e. The Labute approximate surface area is 66.7 Å². The maximum atomic E-state index is 8.64. The van der Waals surface area contributed by atoms with Gasteiger partial charge in [0.05, 0.1) is 25.6 Å². The molecular weight excluding hydrogens is 142 g/mol. The van der Waals surface area contributed by atoms with Gasteiger partial charge in [-0.25, -0.2) is 0 Å². The summed E-state index contributed by atoms with van der Waals surface area (Å²) in [6, 6.07) is 0. The lowest BCUT2D eigenvalue weighted by molar-refractivity contribution is 0.292. The molecule has 0 amide bonds. The van der Waals surface area contributed by atoms with Gasteiger partial charge in [-0.3, -0.25) is 4.99 Å². The molecule has 0 radical (unpaired) electrons. The van der Waals surface area contributed by atoms with Gasteiger partial charge in [-0.15, -0.1) is 0 Å². The van der Waals surface area contributed by atoms with E-state index in [4.69, 9.17) is 9.84 Å². The molecule has 0 fully saturated rings. The van der Waals surface area contributed by atoms with E-state index in [1.165, 1.54) is 12.3 Å². The summed E-state index contributed by atoms with van der Waals surface area (Å²) in [7, 11) is 1.56. The van der Waals surface area contributed by atoms with Crippen LogP contribution in [0.25, 0.3) is 0 Å². The van der Waals surface area contributed by atoms with Gasteiger partial charge in [-0.05, 0) is 13.0 Å². The summed E-state index contributed by atoms with van der Waals surface area (Å²) < 4.78 is 4.83. The Hall–Kier alpha value is -1.09. The van der Waals surface area contributed by atoms with Gasteiger partial charge in [0.1, 0.15) is 5.76 Å². The zero-order valence-electron chi connectivity index (χ0n) is 6.87. The van der Waals surface area contributed by atoms with Crippen LogP contribution in [0.15, 0.2) is 29.6 Å². The molecule has 0 aromatic heterocycles. The first-order valence-corrected chi connectivity index (χ1v) is 3.25. The Bertz CT molecular complexity index is 183. The van der Waals surface area contributed by atoms with Crippen LogP contribution < -0.4 is 0 Å². The molecule has 0 aromatic carbocycles. The normalized spacial score (nSPS) is 13.0. The number of allylic oxidation sites excluding steroid dienone is 1. The average molecular weight is 155 g/mol. The standard InChI is InChI=1S/C8H13NO2/c1-4-8(6-10)9-5-7(2)11-3/h4-5,10H,1,6H2,2-3H3/b7-5+,9-8?. The highest BCUT2D eigenvalue weighted by Crippen LogP contribution is 1.92. The van der Waals surface area contributed by atoms with Crippen molar-refractivity contribution >= 4 is 5.71 Å². The fraction of sp³-hybridized carbons (Fsp3) is 0.375. The minimum absolute atomic E-state index is 0.100. The van der Waals surface area contributed by atoms with Crippen molar-refractivity contribution in [3.05, 3.63) is 24.6 Å². The molecule has 0 aliphatic carbocycles. The fourth-order valence-corrected chi connectivity index (χ4v) is 0.385. The molecule has 0 aliphatic heterocycles. The molecule has 0 saturated carbocycles. The quantitative estimate of drug-likeness (QED) is 0.488. The zero-order valence-corrected chi connectivity index (χ0v) is 6.87. The maximum absolute atomic E-state index is 8.64. The second-order valence-corrected chi connectivity index (χ2v) is 1.93. The molecule has 3 nitrogen and oxygen atoms in total. The van der Waals surface area contributed by atoms with Crippen molar-refractivity contribution < 1.29 is 9.84 Å². The van der Waals surface area contributed by atoms with Gasteiger partial charge in [0.2, 0.25) is 0 Å². The van der Waals surface area contributed by atoms with E-state index in [9.17, 15) is 0 Å². The van der Waals surface area contributed by atoms with Gasteiger partial charge in [0, 0.05) is 0 Å². The second kappa shape index (κ2) is 5.68. The molecule has 0 unspecified atom stereocenters. The van der Waals surface area contributed by atoms with Crippen molar-refractivity contribution in [3.63, 3.8) is 0 Å². The van der Waals surface area contributed by atoms with Crippen molar-refractivity contribution in [3.8, 4) is 0 Å². The van der Waals surface area contributed by atoms with E-state index >= 15 is 0 Å². The summed E-state index contributed by atoms with van der Waals surface area (Å²) in [6.07, 6.45) is 3.03. The summed E-state index contributed by atoms with van der Waals surface area (Å²) >= 11 is 0. The van der Waals surface area contributed by atoms with Crippen molar-refractivity contribution in [2.45, 2.75) is 6.92 Å². The molecule has 3 heteroatoms. The highest BCUT2D eigenvalue weighted by Gasteiger charge is 1.87.